The lowest BCUT2D eigenvalue weighted by Gasteiger charge is -2.37. The third-order valence-corrected chi connectivity index (χ3v) is 2.86. The minimum Gasteiger partial charge on any atom is -0.481 e. The molecule has 0 bridgehead atoms. The molecule has 1 aromatic rings. The summed E-state index contributed by atoms with van der Waals surface area (Å²) in [5, 5.41) is 10.2. The molecule has 1 heterocycles. The molecule has 1 aliphatic rings. The SMILES string of the molecule is COc1ncc(C)cc1C1(O)CCC1. The van der Waals surface area contributed by atoms with Gasteiger partial charge in [0, 0.05) is 11.8 Å². The third-order valence-electron chi connectivity index (χ3n) is 2.86. The summed E-state index contributed by atoms with van der Waals surface area (Å²) in [5.74, 6) is 0.554. The van der Waals surface area contributed by atoms with Crippen molar-refractivity contribution < 1.29 is 9.84 Å². The first kappa shape index (κ1) is 9.46. The highest BCUT2D eigenvalue weighted by Gasteiger charge is 2.39. The monoisotopic (exact) mass is 193 g/mol. The molecule has 3 nitrogen and oxygen atoms in total. The maximum Gasteiger partial charge on any atom is 0.219 e. The van der Waals surface area contributed by atoms with E-state index in [-0.39, 0.29) is 0 Å². The highest BCUT2D eigenvalue weighted by atomic mass is 16.5. The largest absolute Gasteiger partial charge is 0.481 e. The van der Waals surface area contributed by atoms with Gasteiger partial charge in [-0.25, -0.2) is 4.98 Å². The second kappa shape index (κ2) is 3.24. The fourth-order valence-corrected chi connectivity index (χ4v) is 1.83. The number of aliphatic hydroxyl groups is 1. The van der Waals surface area contributed by atoms with Gasteiger partial charge in [0.15, 0.2) is 0 Å². The van der Waals surface area contributed by atoms with Crippen LogP contribution in [0.3, 0.4) is 0 Å². The number of ether oxygens (including phenoxy) is 1. The zero-order valence-electron chi connectivity index (χ0n) is 8.58. The standard InChI is InChI=1S/C11H15NO2/c1-8-6-9(10(14-2)12-7-8)11(13)4-3-5-11/h6-7,13H,3-5H2,1-2H3. The first-order valence-electron chi connectivity index (χ1n) is 4.89. The molecule has 1 saturated carbocycles. The molecule has 0 aromatic carbocycles. The number of aryl methyl sites for hydroxylation is 1. The average Bonchev–Trinajstić information content (AvgIpc) is 2.14. The molecule has 1 N–H and O–H groups in total. The maximum absolute atomic E-state index is 10.2. The fraction of sp³-hybridized carbons (Fsp3) is 0.545. The van der Waals surface area contributed by atoms with Crippen molar-refractivity contribution in [1.82, 2.24) is 4.98 Å². The van der Waals surface area contributed by atoms with Crippen molar-refractivity contribution in [3.8, 4) is 5.88 Å². The summed E-state index contributed by atoms with van der Waals surface area (Å²) in [6.45, 7) is 1.97. The predicted molar refractivity (Wildman–Crippen MR) is 53.3 cm³/mol. The van der Waals surface area contributed by atoms with E-state index in [0.29, 0.717) is 5.88 Å². The molecule has 0 aliphatic heterocycles. The lowest BCUT2D eigenvalue weighted by atomic mass is 9.75. The molecular formula is C11H15NO2. The summed E-state index contributed by atoms with van der Waals surface area (Å²) in [7, 11) is 1.59. The molecular weight excluding hydrogens is 178 g/mol. The van der Waals surface area contributed by atoms with E-state index in [1.54, 1.807) is 13.3 Å². The van der Waals surface area contributed by atoms with Crippen LogP contribution in [-0.2, 0) is 5.60 Å². The van der Waals surface area contributed by atoms with Gasteiger partial charge >= 0.3 is 0 Å². The van der Waals surface area contributed by atoms with E-state index >= 15 is 0 Å². The Morgan fingerprint density at radius 3 is 2.71 bits per heavy atom. The second-order valence-corrected chi connectivity index (χ2v) is 3.95. The van der Waals surface area contributed by atoms with Gasteiger partial charge in [-0.3, -0.25) is 0 Å². The fourth-order valence-electron chi connectivity index (χ4n) is 1.83. The van der Waals surface area contributed by atoms with E-state index in [0.717, 1.165) is 30.4 Å². The molecule has 0 amide bonds. The Morgan fingerprint density at radius 2 is 2.21 bits per heavy atom. The Hall–Kier alpha value is -1.09. The van der Waals surface area contributed by atoms with Crippen molar-refractivity contribution in [3.63, 3.8) is 0 Å². The van der Waals surface area contributed by atoms with E-state index in [1.807, 2.05) is 13.0 Å². The highest BCUT2D eigenvalue weighted by Crippen LogP contribution is 2.44. The molecule has 3 heteroatoms. The molecule has 2 rings (SSSR count). The van der Waals surface area contributed by atoms with Crippen molar-refractivity contribution in [2.24, 2.45) is 0 Å². The summed E-state index contributed by atoms with van der Waals surface area (Å²) in [6.07, 6.45) is 4.46. The second-order valence-electron chi connectivity index (χ2n) is 3.95. The Morgan fingerprint density at radius 1 is 1.50 bits per heavy atom. The van der Waals surface area contributed by atoms with E-state index in [1.165, 1.54) is 0 Å². The summed E-state index contributed by atoms with van der Waals surface area (Å²) >= 11 is 0. The smallest absolute Gasteiger partial charge is 0.219 e. The van der Waals surface area contributed by atoms with Gasteiger partial charge in [-0.1, -0.05) is 0 Å². The number of nitrogens with zero attached hydrogens (tertiary/aromatic N) is 1. The van der Waals surface area contributed by atoms with Crippen LogP contribution in [0.15, 0.2) is 12.3 Å². The number of hydrogen-bond donors (Lipinski definition) is 1. The third kappa shape index (κ3) is 1.38. The molecule has 76 valence electrons. The van der Waals surface area contributed by atoms with Crippen LogP contribution in [0.25, 0.3) is 0 Å². The first-order chi connectivity index (χ1) is 6.65. The maximum atomic E-state index is 10.2. The molecule has 1 aliphatic carbocycles. The van der Waals surface area contributed by atoms with Crippen LogP contribution in [0.1, 0.15) is 30.4 Å². The normalized spacial score (nSPS) is 18.8. The van der Waals surface area contributed by atoms with Crippen molar-refractivity contribution in [1.29, 1.82) is 0 Å². The van der Waals surface area contributed by atoms with Gasteiger partial charge in [-0.2, -0.15) is 0 Å². The summed E-state index contributed by atoms with van der Waals surface area (Å²) in [4.78, 5) is 4.16. The van der Waals surface area contributed by atoms with E-state index in [2.05, 4.69) is 4.98 Å². The molecule has 0 unspecified atom stereocenters. The number of aromatic nitrogens is 1. The number of hydrogen-bond acceptors (Lipinski definition) is 3. The minimum absolute atomic E-state index is 0.554. The van der Waals surface area contributed by atoms with E-state index < -0.39 is 5.60 Å². The van der Waals surface area contributed by atoms with Gasteiger partial charge in [0.2, 0.25) is 5.88 Å². The van der Waals surface area contributed by atoms with Crippen LogP contribution in [0, 0.1) is 6.92 Å². The molecule has 0 saturated heterocycles. The number of pyridine rings is 1. The average molecular weight is 193 g/mol. The molecule has 0 spiro atoms. The zero-order valence-corrected chi connectivity index (χ0v) is 8.58. The van der Waals surface area contributed by atoms with Crippen LogP contribution >= 0.6 is 0 Å². The Labute approximate surface area is 83.7 Å². The van der Waals surface area contributed by atoms with E-state index in [4.69, 9.17) is 4.74 Å². The Balaban J connectivity index is 2.43. The van der Waals surface area contributed by atoms with Crippen molar-refractivity contribution in [2.45, 2.75) is 31.8 Å². The molecule has 0 radical (unpaired) electrons. The van der Waals surface area contributed by atoms with E-state index in [9.17, 15) is 5.11 Å². The molecule has 14 heavy (non-hydrogen) atoms. The topological polar surface area (TPSA) is 42.4 Å². The van der Waals surface area contributed by atoms with Crippen molar-refractivity contribution in [3.05, 3.63) is 23.4 Å². The summed E-state index contributed by atoms with van der Waals surface area (Å²) in [5.41, 5.74) is 1.21. The van der Waals surface area contributed by atoms with Crippen LogP contribution in [-0.4, -0.2) is 17.2 Å². The van der Waals surface area contributed by atoms with Crippen LogP contribution in [0.2, 0.25) is 0 Å². The number of methoxy groups -OCH3 is 1. The van der Waals surface area contributed by atoms with Crippen molar-refractivity contribution >= 4 is 0 Å². The summed E-state index contributed by atoms with van der Waals surface area (Å²) in [6, 6.07) is 1.96. The summed E-state index contributed by atoms with van der Waals surface area (Å²) < 4.78 is 5.15. The quantitative estimate of drug-likeness (QED) is 0.778. The Kier molecular flexibility index (Phi) is 2.19. The van der Waals surface area contributed by atoms with Crippen molar-refractivity contribution in [2.75, 3.05) is 7.11 Å². The highest BCUT2D eigenvalue weighted by molar-refractivity contribution is 5.36. The molecule has 1 fully saturated rings. The predicted octanol–water partition coefficient (Wildman–Crippen LogP) is 1.77. The zero-order chi connectivity index (χ0) is 10.2. The minimum atomic E-state index is -0.690. The molecule has 0 atom stereocenters. The number of rotatable bonds is 2. The lowest BCUT2D eigenvalue weighted by Crippen LogP contribution is -2.34. The van der Waals surface area contributed by atoms with Gasteiger partial charge < -0.3 is 9.84 Å². The van der Waals surface area contributed by atoms with Gasteiger partial charge in [0.25, 0.3) is 0 Å². The van der Waals surface area contributed by atoms with Gasteiger partial charge in [-0.05, 0) is 37.8 Å². The molecule has 1 aromatic heterocycles. The van der Waals surface area contributed by atoms with Gasteiger partial charge in [0.1, 0.15) is 0 Å². The lowest BCUT2D eigenvalue weighted by molar-refractivity contribution is -0.0409. The van der Waals surface area contributed by atoms with Crippen LogP contribution in [0.5, 0.6) is 5.88 Å². The van der Waals surface area contributed by atoms with Crippen LogP contribution in [0.4, 0.5) is 0 Å². The van der Waals surface area contributed by atoms with Crippen LogP contribution < -0.4 is 4.74 Å². The Bertz CT molecular complexity index is 345. The first-order valence-corrected chi connectivity index (χ1v) is 4.89. The van der Waals surface area contributed by atoms with Gasteiger partial charge in [-0.15, -0.1) is 0 Å². The van der Waals surface area contributed by atoms with Gasteiger partial charge in [0.05, 0.1) is 12.7 Å².